The van der Waals surface area contributed by atoms with E-state index >= 15 is 0 Å². The van der Waals surface area contributed by atoms with E-state index in [4.69, 9.17) is 5.73 Å². The Kier molecular flexibility index (Phi) is 2.42. The summed E-state index contributed by atoms with van der Waals surface area (Å²) in [6.45, 7) is 0. The summed E-state index contributed by atoms with van der Waals surface area (Å²) in [6.07, 6.45) is 0.829. The molecule has 0 bridgehead atoms. The van der Waals surface area contributed by atoms with Crippen LogP contribution in [0.4, 0.5) is 5.69 Å². The Morgan fingerprint density at radius 3 is 2.43 bits per heavy atom. The van der Waals surface area contributed by atoms with E-state index in [0.717, 1.165) is 6.42 Å². The van der Waals surface area contributed by atoms with E-state index in [-0.39, 0.29) is 23.8 Å². The lowest BCUT2D eigenvalue weighted by molar-refractivity contribution is 0.0640. The molecule has 1 fully saturated rings. The average Bonchev–Trinajstić information content (AvgIpc) is 3.23. The van der Waals surface area contributed by atoms with Gasteiger partial charge in [-0.3, -0.25) is 14.5 Å². The number of nitrogen functional groups attached to an aromatic ring is 1. The highest BCUT2D eigenvalue weighted by molar-refractivity contribution is 6.24. The first-order valence-electron chi connectivity index (χ1n) is 7.00. The quantitative estimate of drug-likeness (QED) is 0.678. The molecule has 0 saturated heterocycles. The molecule has 1 aliphatic carbocycles. The van der Waals surface area contributed by atoms with Crippen molar-refractivity contribution in [3.05, 3.63) is 65.2 Å². The van der Waals surface area contributed by atoms with Crippen molar-refractivity contribution in [2.45, 2.75) is 18.4 Å². The fourth-order valence-corrected chi connectivity index (χ4v) is 3.16. The van der Waals surface area contributed by atoms with Gasteiger partial charge in [0.1, 0.15) is 0 Å². The third-order valence-electron chi connectivity index (χ3n) is 4.29. The van der Waals surface area contributed by atoms with Crippen LogP contribution in [0.1, 0.15) is 38.6 Å². The molecule has 2 atom stereocenters. The average molecular weight is 278 g/mol. The lowest BCUT2D eigenvalue weighted by atomic mass is 10.1. The second-order valence-corrected chi connectivity index (χ2v) is 5.57. The van der Waals surface area contributed by atoms with E-state index < -0.39 is 0 Å². The molecule has 1 aliphatic heterocycles. The fourth-order valence-electron chi connectivity index (χ4n) is 3.16. The number of anilines is 1. The molecule has 21 heavy (non-hydrogen) atoms. The highest BCUT2D eigenvalue weighted by atomic mass is 16.2. The molecule has 2 amide bonds. The van der Waals surface area contributed by atoms with E-state index in [1.807, 2.05) is 30.3 Å². The summed E-state index contributed by atoms with van der Waals surface area (Å²) in [5, 5.41) is 0. The number of amides is 2. The van der Waals surface area contributed by atoms with Crippen LogP contribution in [0.25, 0.3) is 0 Å². The number of carbonyl (C=O) groups is 2. The molecule has 0 radical (unpaired) electrons. The zero-order valence-corrected chi connectivity index (χ0v) is 11.3. The summed E-state index contributed by atoms with van der Waals surface area (Å²) in [5.74, 6) is -0.225. The van der Waals surface area contributed by atoms with Crippen LogP contribution in [0.15, 0.2) is 48.5 Å². The molecule has 104 valence electrons. The third-order valence-corrected chi connectivity index (χ3v) is 4.29. The van der Waals surface area contributed by atoms with Crippen LogP contribution in [-0.2, 0) is 0 Å². The third kappa shape index (κ3) is 1.69. The van der Waals surface area contributed by atoms with Crippen molar-refractivity contribution in [3.63, 3.8) is 0 Å². The summed E-state index contributed by atoms with van der Waals surface area (Å²) < 4.78 is 0. The molecule has 4 rings (SSSR count). The van der Waals surface area contributed by atoms with Crippen LogP contribution in [0.2, 0.25) is 0 Å². The van der Waals surface area contributed by atoms with Gasteiger partial charge in [0.25, 0.3) is 11.8 Å². The molecule has 4 heteroatoms. The van der Waals surface area contributed by atoms with Gasteiger partial charge in [0.05, 0.1) is 11.1 Å². The molecular weight excluding hydrogens is 264 g/mol. The van der Waals surface area contributed by atoms with Crippen LogP contribution in [0, 0.1) is 0 Å². The maximum atomic E-state index is 12.5. The fraction of sp³-hybridized carbons (Fsp3) is 0.176. The van der Waals surface area contributed by atoms with Crippen molar-refractivity contribution in [1.29, 1.82) is 0 Å². The number of rotatable bonds is 2. The smallest absolute Gasteiger partial charge is 0.263 e. The Bertz CT molecular complexity index is 755. The predicted octanol–water partition coefficient (Wildman–Crippen LogP) is 2.42. The van der Waals surface area contributed by atoms with E-state index in [0.29, 0.717) is 16.8 Å². The number of hydrogen-bond donors (Lipinski definition) is 1. The number of nitrogens with two attached hydrogens (primary N) is 1. The molecular formula is C17H14N2O2. The van der Waals surface area contributed by atoms with Gasteiger partial charge < -0.3 is 5.73 Å². The first-order chi connectivity index (χ1) is 10.2. The van der Waals surface area contributed by atoms with Gasteiger partial charge in [-0.05, 0) is 24.1 Å². The zero-order valence-electron chi connectivity index (χ0n) is 11.3. The normalized spacial score (nSPS) is 23.3. The van der Waals surface area contributed by atoms with Crippen molar-refractivity contribution >= 4 is 17.5 Å². The van der Waals surface area contributed by atoms with Gasteiger partial charge in [0, 0.05) is 17.6 Å². The number of nitrogens with zero attached hydrogens (tertiary/aromatic N) is 1. The molecule has 2 aliphatic rings. The minimum absolute atomic E-state index is 0.0424. The van der Waals surface area contributed by atoms with E-state index in [2.05, 4.69) is 0 Å². The minimum Gasteiger partial charge on any atom is -0.398 e. The first kappa shape index (κ1) is 12.1. The Balaban J connectivity index is 1.66. The summed E-state index contributed by atoms with van der Waals surface area (Å²) in [6, 6.07) is 15.0. The number of hydrogen-bond acceptors (Lipinski definition) is 3. The largest absolute Gasteiger partial charge is 0.398 e. The number of imide groups is 1. The van der Waals surface area contributed by atoms with Crippen molar-refractivity contribution < 1.29 is 9.59 Å². The zero-order chi connectivity index (χ0) is 14.6. The van der Waals surface area contributed by atoms with Crippen molar-refractivity contribution in [1.82, 2.24) is 4.90 Å². The SMILES string of the molecule is Nc1cccc2c1C(=O)N(C1CC1c1ccccc1)C2=O. The van der Waals surface area contributed by atoms with Gasteiger partial charge in [-0.2, -0.15) is 0 Å². The maximum absolute atomic E-state index is 12.5. The van der Waals surface area contributed by atoms with E-state index in [9.17, 15) is 9.59 Å². The van der Waals surface area contributed by atoms with Crippen molar-refractivity contribution in [2.24, 2.45) is 0 Å². The topological polar surface area (TPSA) is 63.4 Å². The van der Waals surface area contributed by atoms with Gasteiger partial charge in [0.15, 0.2) is 0 Å². The molecule has 2 aromatic carbocycles. The monoisotopic (exact) mass is 278 g/mol. The minimum atomic E-state index is -0.253. The van der Waals surface area contributed by atoms with Gasteiger partial charge in [0.2, 0.25) is 0 Å². The lowest BCUT2D eigenvalue weighted by Gasteiger charge is -2.13. The van der Waals surface area contributed by atoms with E-state index in [1.54, 1.807) is 18.2 Å². The van der Waals surface area contributed by atoms with Crippen LogP contribution in [0.3, 0.4) is 0 Å². The van der Waals surface area contributed by atoms with Crippen LogP contribution < -0.4 is 5.73 Å². The van der Waals surface area contributed by atoms with Crippen LogP contribution in [0.5, 0.6) is 0 Å². The maximum Gasteiger partial charge on any atom is 0.263 e. The van der Waals surface area contributed by atoms with Gasteiger partial charge in [-0.15, -0.1) is 0 Å². The second-order valence-electron chi connectivity index (χ2n) is 5.57. The molecule has 0 spiro atoms. The molecule has 4 nitrogen and oxygen atoms in total. The van der Waals surface area contributed by atoms with Crippen LogP contribution in [-0.4, -0.2) is 22.8 Å². The van der Waals surface area contributed by atoms with Gasteiger partial charge in [-0.1, -0.05) is 36.4 Å². The Labute approximate surface area is 122 Å². The Morgan fingerprint density at radius 1 is 0.952 bits per heavy atom. The summed E-state index contributed by atoms with van der Waals surface area (Å²) in [5.41, 5.74) is 8.20. The number of fused-ring (bicyclic) bond motifs is 1. The highest BCUT2D eigenvalue weighted by Crippen LogP contribution is 2.47. The Hall–Kier alpha value is -2.62. The van der Waals surface area contributed by atoms with E-state index in [1.165, 1.54) is 10.5 Å². The lowest BCUT2D eigenvalue weighted by Crippen LogP contribution is -2.32. The molecule has 2 N–H and O–H groups in total. The van der Waals surface area contributed by atoms with Crippen molar-refractivity contribution in [2.75, 3.05) is 5.73 Å². The standard InChI is InChI=1S/C17H14N2O2/c18-13-8-4-7-11-15(13)17(21)19(16(11)20)14-9-12(14)10-5-2-1-3-6-10/h1-8,12,14H,9,18H2. The number of carbonyl (C=O) groups excluding carboxylic acids is 2. The first-order valence-corrected chi connectivity index (χ1v) is 7.00. The summed E-state index contributed by atoms with van der Waals surface area (Å²) >= 11 is 0. The molecule has 1 heterocycles. The predicted molar refractivity (Wildman–Crippen MR) is 78.9 cm³/mol. The Morgan fingerprint density at radius 2 is 1.71 bits per heavy atom. The molecule has 2 aromatic rings. The molecule has 1 saturated carbocycles. The second kappa shape index (κ2) is 4.19. The van der Waals surface area contributed by atoms with Crippen molar-refractivity contribution in [3.8, 4) is 0 Å². The number of benzene rings is 2. The van der Waals surface area contributed by atoms with Crippen LogP contribution >= 0.6 is 0 Å². The summed E-state index contributed by atoms with van der Waals surface area (Å²) in [4.78, 5) is 26.4. The molecule has 2 unspecified atom stereocenters. The highest BCUT2D eigenvalue weighted by Gasteiger charge is 2.51. The molecule has 0 aromatic heterocycles. The van der Waals surface area contributed by atoms with Gasteiger partial charge >= 0.3 is 0 Å². The van der Waals surface area contributed by atoms with Gasteiger partial charge in [-0.25, -0.2) is 0 Å². The summed E-state index contributed by atoms with van der Waals surface area (Å²) in [7, 11) is 0.